The van der Waals surface area contributed by atoms with Gasteiger partial charge in [-0.2, -0.15) is 0 Å². The summed E-state index contributed by atoms with van der Waals surface area (Å²) in [5.41, 5.74) is 2.86. The second-order valence-corrected chi connectivity index (χ2v) is 6.91. The molecule has 1 atom stereocenters. The smallest absolute Gasteiger partial charge is 0.238 e. The van der Waals surface area contributed by atoms with E-state index in [2.05, 4.69) is 15.8 Å². The lowest BCUT2D eigenvalue weighted by molar-refractivity contribution is -0.115. The molecule has 2 N–H and O–H groups in total. The third-order valence-electron chi connectivity index (χ3n) is 3.46. The quantitative estimate of drug-likeness (QED) is 0.837. The first kappa shape index (κ1) is 18.1. The molecule has 24 heavy (non-hydrogen) atoms. The monoisotopic (exact) mass is 347 g/mol. The summed E-state index contributed by atoms with van der Waals surface area (Å²) in [5, 5.41) is 8.89. The van der Waals surface area contributed by atoms with Crippen LogP contribution in [0.15, 0.2) is 28.8 Å². The Labute approximate surface area is 145 Å². The van der Waals surface area contributed by atoms with Crippen LogP contribution in [0.3, 0.4) is 0 Å². The molecular formula is C17H21N3O3S. The van der Waals surface area contributed by atoms with Gasteiger partial charge in [-0.25, -0.2) is 0 Å². The fraction of sp³-hybridized carbons (Fsp3) is 0.353. The molecule has 0 aliphatic carbocycles. The second kappa shape index (κ2) is 8.01. The summed E-state index contributed by atoms with van der Waals surface area (Å²) in [7, 11) is 0. The van der Waals surface area contributed by atoms with Crippen LogP contribution in [-0.2, 0) is 9.59 Å². The standard InChI is InChI=1S/C17H21N3O3S/c1-10-6-5-7-11(2)16(10)19-15(21)9-24-13(4)17(22)18-14-8-12(3)23-20-14/h5-8,13H,9H2,1-4H3,(H,19,21)(H,18,20,22). The number of nitrogens with zero attached hydrogens (tertiary/aromatic N) is 1. The Balaban J connectivity index is 1.83. The van der Waals surface area contributed by atoms with Gasteiger partial charge in [-0.15, -0.1) is 11.8 Å². The Morgan fingerprint density at radius 3 is 2.46 bits per heavy atom. The number of hydrogen-bond donors (Lipinski definition) is 2. The molecule has 128 valence electrons. The van der Waals surface area contributed by atoms with Crippen LogP contribution in [0.25, 0.3) is 0 Å². The molecule has 1 heterocycles. The first-order valence-corrected chi connectivity index (χ1v) is 8.63. The highest BCUT2D eigenvalue weighted by Gasteiger charge is 2.17. The van der Waals surface area contributed by atoms with Crippen molar-refractivity contribution in [2.24, 2.45) is 0 Å². The Hall–Kier alpha value is -2.28. The summed E-state index contributed by atoms with van der Waals surface area (Å²) >= 11 is 1.27. The molecule has 2 aromatic rings. The minimum absolute atomic E-state index is 0.130. The van der Waals surface area contributed by atoms with E-state index in [0.717, 1.165) is 16.8 Å². The lowest BCUT2D eigenvalue weighted by Crippen LogP contribution is -2.25. The van der Waals surface area contributed by atoms with Gasteiger partial charge in [0, 0.05) is 11.8 Å². The number of rotatable bonds is 6. The molecule has 0 saturated carbocycles. The van der Waals surface area contributed by atoms with Crippen LogP contribution in [-0.4, -0.2) is 28.0 Å². The van der Waals surface area contributed by atoms with E-state index in [1.807, 2.05) is 32.0 Å². The van der Waals surface area contributed by atoms with Gasteiger partial charge in [0.05, 0.1) is 11.0 Å². The van der Waals surface area contributed by atoms with Gasteiger partial charge in [0.2, 0.25) is 11.8 Å². The van der Waals surface area contributed by atoms with Gasteiger partial charge in [0.25, 0.3) is 0 Å². The maximum Gasteiger partial charge on any atom is 0.238 e. The van der Waals surface area contributed by atoms with Crippen molar-refractivity contribution in [1.82, 2.24) is 5.16 Å². The number of carbonyl (C=O) groups excluding carboxylic acids is 2. The molecule has 6 nitrogen and oxygen atoms in total. The van der Waals surface area contributed by atoms with Crippen molar-refractivity contribution >= 4 is 35.1 Å². The molecule has 0 aliphatic rings. The molecule has 1 unspecified atom stereocenters. The molecule has 2 rings (SSSR count). The first-order valence-electron chi connectivity index (χ1n) is 7.58. The molecule has 0 saturated heterocycles. The lowest BCUT2D eigenvalue weighted by atomic mass is 10.1. The van der Waals surface area contributed by atoms with E-state index >= 15 is 0 Å². The number of aryl methyl sites for hydroxylation is 3. The van der Waals surface area contributed by atoms with Crippen molar-refractivity contribution in [3.8, 4) is 0 Å². The number of benzene rings is 1. The Morgan fingerprint density at radius 1 is 1.21 bits per heavy atom. The topological polar surface area (TPSA) is 84.2 Å². The van der Waals surface area contributed by atoms with E-state index in [1.165, 1.54) is 11.8 Å². The van der Waals surface area contributed by atoms with Crippen LogP contribution in [0.2, 0.25) is 0 Å². The zero-order valence-corrected chi connectivity index (χ0v) is 15.0. The van der Waals surface area contributed by atoms with E-state index in [4.69, 9.17) is 4.52 Å². The predicted molar refractivity (Wildman–Crippen MR) is 96.3 cm³/mol. The van der Waals surface area contributed by atoms with Crippen molar-refractivity contribution in [3.05, 3.63) is 41.2 Å². The summed E-state index contributed by atoms with van der Waals surface area (Å²) < 4.78 is 4.90. The zero-order valence-electron chi connectivity index (χ0n) is 14.2. The SMILES string of the molecule is Cc1cc(NC(=O)C(C)SCC(=O)Nc2c(C)cccc2C)no1. The summed E-state index contributed by atoms with van der Waals surface area (Å²) in [6.45, 7) is 7.40. The van der Waals surface area contributed by atoms with Crippen LogP contribution in [0.1, 0.15) is 23.8 Å². The van der Waals surface area contributed by atoms with Crippen LogP contribution < -0.4 is 10.6 Å². The third kappa shape index (κ3) is 4.86. The highest BCUT2D eigenvalue weighted by Crippen LogP contribution is 2.20. The zero-order chi connectivity index (χ0) is 17.7. The minimum atomic E-state index is -0.384. The summed E-state index contributed by atoms with van der Waals surface area (Å²) in [6.07, 6.45) is 0. The molecule has 1 aromatic carbocycles. The van der Waals surface area contributed by atoms with Crippen LogP contribution >= 0.6 is 11.8 Å². The molecule has 0 spiro atoms. The van der Waals surface area contributed by atoms with Gasteiger partial charge in [0.1, 0.15) is 5.76 Å². The number of carbonyl (C=O) groups is 2. The Bertz CT molecular complexity index is 722. The lowest BCUT2D eigenvalue weighted by Gasteiger charge is -2.13. The molecular weight excluding hydrogens is 326 g/mol. The fourth-order valence-electron chi connectivity index (χ4n) is 2.12. The van der Waals surface area contributed by atoms with E-state index in [9.17, 15) is 9.59 Å². The average molecular weight is 347 g/mol. The average Bonchev–Trinajstić information content (AvgIpc) is 2.93. The van der Waals surface area contributed by atoms with E-state index in [-0.39, 0.29) is 22.8 Å². The molecule has 0 fully saturated rings. The van der Waals surface area contributed by atoms with E-state index in [1.54, 1.807) is 19.9 Å². The minimum Gasteiger partial charge on any atom is -0.360 e. The highest BCUT2D eigenvalue weighted by molar-refractivity contribution is 8.01. The van der Waals surface area contributed by atoms with Crippen molar-refractivity contribution in [2.45, 2.75) is 32.9 Å². The van der Waals surface area contributed by atoms with Crippen molar-refractivity contribution in [3.63, 3.8) is 0 Å². The molecule has 2 amide bonds. The van der Waals surface area contributed by atoms with Gasteiger partial charge < -0.3 is 15.2 Å². The number of anilines is 2. The molecule has 1 aromatic heterocycles. The number of aromatic nitrogens is 1. The predicted octanol–water partition coefficient (Wildman–Crippen LogP) is 3.30. The number of amides is 2. The molecule has 0 bridgehead atoms. The second-order valence-electron chi connectivity index (χ2n) is 5.58. The summed E-state index contributed by atoms with van der Waals surface area (Å²) in [4.78, 5) is 24.2. The van der Waals surface area contributed by atoms with Crippen molar-refractivity contribution in [1.29, 1.82) is 0 Å². The fourth-order valence-corrected chi connectivity index (χ4v) is 2.80. The van der Waals surface area contributed by atoms with Gasteiger partial charge in [-0.3, -0.25) is 9.59 Å². The first-order chi connectivity index (χ1) is 11.4. The maximum atomic E-state index is 12.1. The molecule has 7 heteroatoms. The van der Waals surface area contributed by atoms with Gasteiger partial charge >= 0.3 is 0 Å². The Kier molecular flexibility index (Phi) is 6.03. The number of hydrogen-bond acceptors (Lipinski definition) is 5. The van der Waals surface area contributed by atoms with Crippen LogP contribution in [0, 0.1) is 20.8 Å². The van der Waals surface area contributed by atoms with Crippen molar-refractivity contribution in [2.75, 3.05) is 16.4 Å². The van der Waals surface area contributed by atoms with Gasteiger partial charge in [0.15, 0.2) is 5.82 Å². The highest BCUT2D eigenvalue weighted by atomic mass is 32.2. The largest absolute Gasteiger partial charge is 0.360 e. The number of nitrogens with one attached hydrogen (secondary N) is 2. The van der Waals surface area contributed by atoms with Gasteiger partial charge in [-0.1, -0.05) is 23.4 Å². The van der Waals surface area contributed by atoms with E-state index in [0.29, 0.717) is 11.6 Å². The maximum absolute atomic E-state index is 12.1. The molecule has 0 aliphatic heterocycles. The van der Waals surface area contributed by atoms with Gasteiger partial charge in [-0.05, 0) is 38.8 Å². The van der Waals surface area contributed by atoms with Crippen LogP contribution in [0.5, 0.6) is 0 Å². The Morgan fingerprint density at radius 2 is 1.88 bits per heavy atom. The number of para-hydroxylation sites is 1. The summed E-state index contributed by atoms with van der Waals surface area (Å²) in [5.74, 6) is 0.853. The third-order valence-corrected chi connectivity index (χ3v) is 4.60. The normalized spacial score (nSPS) is 11.8. The van der Waals surface area contributed by atoms with Crippen molar-refractivity contribution < 1.29 is 14.1 Å². The summed E-state index contributed by atoms with van der Waals surface area (Å²) in [6, 6.07) is 7.49. The van der Waals surface area contributed by atoms with Crippen LogP contribution in [0.4, 0.5) is 11.5 Å². The molecule has 0 radical (unpaired) electrons. The van der Waals surface area contributed by atoms with E-state index < -0.39 is 0 Å². The number of thioether (sulfide) groups is 1.